The molecule has 0 fully saturated rings. The van der Waals surface area contributed by atoms with E-state index in [1.165, 1.54) is 6.92 Å². The van der Waals surface area contributed by atoms with E-state index in [9.17, 15) is 18.0 Å². The summed E-state index contributed by atoms with van der Waals surface area (Å²) in [7, 11) is 0. The van der Waals surface area contributed by atoms with Gasteiger partial charge in [0.2, 0.25) is 0 Å². The molecule has 2 N–H and O–H groups in total. The van der Waals surface area contributed by atoms with E-state index in [1.54, 1.807) is 6.92 Å². The molecule has 0 amide bonds. The van der Waals surface area contributed by atoms with Crippen LogP contribution < -0.4 is 5.32 Å². The summed E-state index contributed by atoms with van der Waals surface area (Å²) in [5.41, 5.74) is -1.11. The molecule has 0 heterocycles. The van der Waals surface area contributed by atoms with Crippen molar-refractivity contribution >= 4 is 5.97 Å². The molecule has 102 valence electrons. The summed E-state index contributed by atoms with van der Waals surface area (Å²) in [5, 5.41) is 11.8. The predicted molar refractivity (Wildman–Crippen MR) is 55.8 cm³/mol. The Morgan fingerprint density at radius 3 is 2.41 bits per heavy atom. The minimum absolute atomic E-state index is 0.103. The second-order valence-corrected chi connectivity index (χ2v) is 3.94. The number of likely N-dealkylation sites (N-methyl/N-ethyl adjacent to an activating group) is 1. The molecule has 0 aliphatic heterocycles. The van der Waals surface area contributed by atoms with Crippen LogP contribution in [-0.2, 0) is 9.53 Å². The average Bonchev–Trinajstić information content (AvgIpc) is 2.15. The summed E-state index contributed by atoms with van der Waals surface area (Å²) in [4.78, 5) is 11.0. The summed E-state index contributed by atoms with van der Waals surface area (Å²) >= 11 is 0. The zero-order valence-corrected chi connectivity index (χ0v) is 9.93. The monoisotopic (exact) mass is 257 g/mol. The SMILES string of the molecule is CCNC(C)(CCCOCC(F)(F)F)C(=O)O. The number of hydrogen-bond acceptors (Lipinski definition) is 3. The van der Waals surface area contributed by atoms with E-state index in [0.717, 1.165) is 0 Å². The number of nitrogens with one attached hydrogen (secondary N) is 1. The molecular formula is C10H18F3NO3. The summed E-state index contributed by atoms with van der Waals surface area (Å²) in [6.07, 6.45) is -3.86. The average molecular weight is 257 g/mol. The normalized spacial score (nSPS) is 15.6. The minimum atomic E-state index is -4.34. The van der Waals surface area contributed by atoms with Crippen molar-refractivity contribution in [2.45, 2.75) is 38.4 Å². The largest absolute Gasteiger partial charge is 0.480 e. The number of carboxylic acids is 1. The van der Waals surface area contributed by atoms with Crippen molar-refractivity contribution in [1.29, 1.82) is 0 Å². The number of alkyl halides is 3. The van der Waals surface area contributed by atoms with Gasteiger partial charge < -0.3 is 15.2 Å². The van der Waals surface area contributed by atoms with Crippen LogP contribution in [0.3, 0.4) is 0 Å². The lowest BCUT2D eigenvalue weighted by molar-refractivity contribution is -0.174. The second kappa shape index (κ2) is 6.80. The van der Waals surface area contributed by atoms with E-state index in [0.29, 0.717) is 6.54 Å². The highest BCUT2D eigenvalue weighted by Gasteiger charge is 2.31. The molecule has 17 heavy (non-hydrogen) atoms. The van der Waals surface area contributed by atoms with E-state index in [4.69, 9.17) is 5.11 Å². The van der Waals surface area contributed by atoms with Gasteiger partial charge in [-0.1, -0.05) is 6.92 Å². The van der Waals surface area contributed by atoms with Crippen molar-refractivity contribution in [2.24, 2.45) is 0 Å². The van der Waals surface area contributed by atoms with E-state index in [-0.39, 0.29) is 19.4 Å². The van der Waals surface area contributed by atoms with Crippen molar-refractivity contribution in [1.82, 2.24) is 5.32 Å². The number of rotatable bonds is 8. The number of carboxylic acid groups (broad SMARTS) is 1. The Morgan fingerprint density at radius 2 is 2.00 bits per heavy atom. The quantitative estimate of drug-likeness (QED) is 0.651. The Morgan fingerprint density at radius 1 is 1.41 bits per heavy atom. The summed E-state index contributed by atoms with van der Waals surface area (Å²) in [6, 6.07) is 0. The van der Waals surface area contributed by atoms with Crippen molar-refractivity contribution < 1.29 is 27.8 Å². The van der Waals surface area contributed by atoms with Crippen molar-refractivity contribution in [3.8, 4) is 0 Å². The van der Waals surface area contributed by atoms with Gasteiger partial charge in [0.25, 0.3) is 0 Å². The van der Waals surface area contributed by atoms with Gasteiger partial charge in [-0.25, -0.2) is 0 Å². The Labute approximate surface area is 98.1 Å². The molecule has 0 aromatic heterocycles. The van der Waals surface area contributed by atoms with E-state index < -0.39 is 24.3 Å². The first-order valence-corrected chi connectivity index (χ1v) is 5.34. The lowest BCUT2D eigenvalue weighted by Crippen LogP contribution is -2.49. The third kappa shape index (κ3) is 7.17. The van der Waals surface area contributed by atoms with Crippen molar-refractivity contribution in [3.05, 3.63) is 0 Å². The fourth-order valence-electron chi connectivity index (χ4n) is 1.38. The first-order chi connectivity index (χ1) is 7.71. The zero-order valence-electron chi connectivity index (χ0n) is 9.93. The lowest BCUT2D eigenvalue weighted by Gasteiger charge is -2.25. The number of halogens is 3. The van der Waals surface area contributed by atoms with Gasteiger partial charge in [0.15, 0.2) is 0 Å². The molecule has 0 bridgehead atoms. The van der Waals surface area contributed by atoms with Gasteiger partial charge >= 0.3 is 12.1 Å². The van der Waals surface area contributed by atoms with Gasteiger partial charge in [0.05, 0.1) is 0 Å². The lowest BCUT2D eigenvalue weighted by atomic mass is 9.96. The van der Waals surface area contributed by atoms with Gasteiger partial charge in [0, 0.05) is 6.61 Å². The van der Waals surface area contributed by atoms with Crippen LogP contribution in [0, 0.1) is 0 Å². The van der Waals surface area contributed by atoms with Gasteiger partial charge in [-0.3, -0.25) is 4.79 Å². The first kappa shape index (κ1) is 16.2. The van der Waals surface area contributed by atoms with E-state index in [1.807, 2.05) is 0 Å². The van der Waals surface area contributed by atoms with Crippen LogP contribution in [0.5, 0.6) is 0 Å². The molecule has 0 aliphatic carbocycles. The summed E-state index contributed by atoms with van der Waals surface area (Å²) in [5.74, 6) is -1.02. The molecule has 0 rings (SSSR count). The van der Waals surface area contributed by atoms with Crippen molar-refractivity contribution in [3.63, 3.8) is 0 Å². The molecule has 0 aromatic carbocycles. The van der Waals surface area contributed by atoms with E-state index in [2.05, 4.69) is 10.1 Å². The topological polar surface area (TPSA) is 58.6 Å². The fourth-order valence-corrected chi connectivity index (χ4v) is 1.38. The maximum Gasteiger partial charge on any atom is 0.411 e. The smallest absolute Gasteiger partial charge is 0.411 e. The number of carbonyl (C=O) groups is 1. The van der Waals surface area contributed by atoms with Gasteiger partial charge in [-0.15, -0.1) is 0 Å². The molecule has 0 radical (unpaired) electrons. The molecule has 0 aliphatic rings. The van der Waals surface area contributed by atoms with Crippen LogP contribution in [-0.4, -0.2) is 42.5 Å². The molecule has 0 saturated carbocycles. The van der Waals surface area contributed by atoms with Crippen LogP contribution in [0.15, 0.2) is 0 Å². The maximum atomic E-state index is 11.7. The predicted octanol–water partition coefficient (Wildman–Crippen LogP) is 1.80. The third-order valence-corrected chi connectivity index (χ3v) is 2.27. The Kier molecular flexibility index (Phi) is 6.48. The van der Waals surface area contributed by atoms with Gasteiger partial charge in [-0.05, 0) is 26.3 Å². The Balaban J connectivity index is 3.88. The summed E-state index contributed by atoms with van der Waals surface area (Å²) in [6.45, 7) is 2.35. The number of aliphatic carboxylic acids is 1. The molecule has 1 unspecified atom stereocenters. The molecular weight excluding hydrogens is 239 g/mol. The number of hydrogen-bond donors (Lipinski definition) is 2. The van der Waals surface area contributed by atoms with Crippen molar-refractivity contribution in [2.75, 3.05) is 19.8 Å². The fraction of sp³-hybridized carbons (Fsp3) is 0.900. The van der Waals surface area contributed by atoms with Crippen LogP contribution in [0.25, 0.3) is 0 Å². The van der Waals surface area contributed by atoms with Crippen LogP contribution in [0.4, 0.5) is 13.2 Å². The van der Waals surface area contributed by atoms with Gasteiger partial charge in [0.1, 0.15) is 12.1 Å². The summed E-state index contributed by atoms with van der Waals surface area (Å²) < 4.78 is 39.6. The molecule has 1 atom stereocenters. The highest BCUT2D eigenvalue weighted by atomic mass is 19.4. The number of ether oxygens (including phenoxy) is 1. The molecule has 4 nitrogen and oxygen atoms in total. The van der Waals surface area contributed by atoms with E-state index >= 15 is 0 Å². The highest BCUT2D eigenvalue weighted by molar-refractivity contribution is 5.78. The standard InChI is InChI=1S/C10H18F3NO3/c1-3-14-9(2,8(15)16)5-4-6-17-7-10(11,12)13/h14H,3-7H2,1-2H3,(H,15,16). The van der Waals surface area contributed by atoms with Crippen LogP contribution >= 0.6 is 0 Å². The molecule has 7 heteroatoms. The highest BCUT2D eigenvalue weighted by Crippen LogP contribution is 2.16. The first-order valence-electron chi connectivity index (χ1n) is 5.34. The molecule has 0 saturated heterocycles. The molecule has 0 aromatic rings. The third-order valence-electron chi connectivity index (χ3n) is 2.27. The minimum Gasteiger partial charge on any atom is -0.480 e. The molecule has 0 spiro atoms. The van der Waals surface area contributed by atoms with Crippen LogP contribution in [0.1, 0.15) is 26.7 Å². The zero-order chi connectivity index (χ0) is 13.5. The Bertz CT molecular complexity index is 245. The van der Waals surface area contributed by atoms with Crippen LogP contribution in [0.2, 0.25) is 0 Å². The maximum absolute atomic E-state index is 11.7. The second-order valence-electron chi connectivity index (χ2n) is 3.94. The Hall–Kier alpha value is -0.820. The van der Waals surface area contributed by atoms with Gasteiger partial charge in [-0.2, -0.15) is 13.2 Å².